The van der Waals surface area contributed by atoms with Crippen molar-refractivity contribution in [1.82, 2.24) is 9.97 Å². The zero-order valence-corrected chi connectivity index (χ0v) is 11.0. The Hall–Kier alpha value is -2.13. The molecule has 3 nitrogen and oxygen atoms in total. The Morgan fingerprint density at radius 2 is 1.74 bits per heavy atom. The molecule has 0 amide bonds. The van der Waals surface area contributed by atoms with Crippen LogP contribution < -0.4 is 0 Å². The Kier molecular flexibility index (Phi) is 2.84. The quantitative estimate of drug-likeness (QED) is 0.735. The van der Waals surface area contributed by atoms with Gasteiger partial charge in [0.1, 0.15) is 11.9 Å². The number of rotatable bonds is 2. The number of aryl methyl sites for hydroxylation is 2. The van der Waals surface area contributed by atoms with Gasteiger partial charge in [0.25, 0.3) is 0 Å². The van der Waals surface area contributed by atoms with Crippen molar-refractivity contribution in [2.75, 3.05) is 0 Å². The van der Waals surface area contributed by atoms with Gasteiger partial charge in [0.05, 0.1) is 11.0 Å². The Labute approximate surface area is 111 Å². The highest BCUT2D eigenvalue weighted by atomic mass is 16.3. The highest BCUT2D eigenvalue weighted by Gasteiger charge is 2.14. The number of hydrogen-bond acceptors (Lipinski definition) is 2. The van der Waals surface area contributed by atoms with Gasteiger partial charge in [0.15, 0.2) is 0 Å². The van der Waals surface area contributed by atoms with Gasteiger partial charge >= 0.3 is 0 Å². The van der Waals surface area contributed by atoms with Crippen LogP contribution in [0, 0.1) is 13.8 Å². The predicted molar refractivity (Wildman–Crippen MR) is 76.1 cm³/mol. The fraction of sp³-hybridized carbons (Fsp3) is 0.188. The molecule has 1 aromatic heterocycles. The van der Waals surface area contributed by atoms with Crippen molar-refractivity contribution in [3.05, 3.63) is 65.0 Å². The van der Waals surface area contributed by atoms with E-state index in [1.165, 1.54) is 11.1 Å². The fourth-order valence-corrected chi connectivity index (χ4v) is 2.21. The van der Waals surface area contributed by atoms with Crippen LogP contribution in [0.25, 0.3) is 11.0 Å². The van der Waals surface area contributed by atoms with Crippen molar-refractivity contribution in [3.8, 4) is 0 Å². The molecule has 0 saturated carbocycles. The summed E-state index contributed by atoms with van der Waals surface area (Å²) >= 11 is 0. The second-order valence-corrected chi connectivity index (χ2v) is 4.89. The van der Waals surface area contributed by atoms with Crippen LogP contribution in [0.5, 0.6) is 0 Å². The van der Waals surface area contributed by atoms with E-state index >= 15 is 0 Å². The highest BCUT2D eigenvalue weighted by Crippen LogP contribution is 2.23. The Morgan fingerprint density at radius 3 is 2.47 bits per heavy atom. The number of fused-ring (bicyclic) bond motifs is 1. The van der Waals surface area contributed by atoms with Crippen molar-refractivity contribution < 1.29 is 5.11 Å². The third-order valence-electron chi connectivity index (χ3n) is 3.49. The molecule has 0 spiro atoms. The minimum Gasteiger partial charge on any atom is -0.380 e. The third kappa shape index (κ3) is 2.13. The molecule has 19 heavy (non-hydrogen) atoms. The summed E-state index contributed by atoms with van der Waals surface area (Å²) in [4.78, 5) is 7.69. The van der Waals surface area contributed by atoms with Crippen LogP contribution >= 0.6 is 0 Å². The smallest absolute Gasteiger partial charge is 0.140 e. The summed E-state index contributed by atoms with van der Waals surface area (Å²) in [6.07, 6.45) is -0.714. The number of aromatic amines is 1. The van der Waals surface area contributed by atoms with E-state index in [2.05, 4.69) is 29.9 Å². The first-order valence-corrected chi connectivity index (χ1v) is 6.35. The normalized spacial score (nSPS) is 12.8. The molecule has 1 heterocycles. The van der Waals surface area contributed by atoms with Crippen LogP contribution in [0.4, 0.5) is 0 Å². The average molecular weight is 252 g/mol. The predicted octanol–water partition coefficient (Wildman–Crippen LogP) is 3.26. The lowest BCUT2D eigenvalue weighted by Crippen LogP contribution is -2.01. The largest absolute Gasteiger partial charge is 0.380 e. The number of aliphatic hydroxyl groups excluding tert-OH is 1. The van der Waals surface area contributed by atoms with E-state index in [1.54, 1.807) is 0 Å². The molecular weight excluding hydrogens is 236 g/mol. The van der Waals surface area contributed by atoms with Crippen molar-refractivity contribution in [1.29, 1.82) is 0 Å². The van der Waals surface area contributed by atoms with Crippen LogP contribution in [0.15, 0.2) is 42.5 Å². The number of imidazole rings is 1. The molecule has 96 valence electrons. The second kappa shape index (κ2) is 4.52. The van der Waals surface area contributed by atoms with Gasteiger partial charge in [0, 0.05) is 0 Å². The standard InChI is InChI=1S/C16H16N2O/c1-10-8-13-14(9-11(10)2)18-16(17-13)15(19)12-6-4-3-5-7-12/h3-9,15,19H,1-2H3,(H,17,18)/t15-/m1/s1. The molecule has 0 aliphatic rings. The van der Waals surface area contributed by atoms with Crippen molar-refractivity contribution in [2.24, 2.45) is 0 Å². The van der Waals surface area contributed by atoms with Crippen LogP contribution in [0.1, 0.15) is 28.6 Å². The first-order chi connectivity index (χ1) is 9.15. The van der Waals surface area contributed by atoms with Gasteiger partial charge in [-0.05, 0) is 42.7 Å². The van der Waals surface area contributed by atoms with E-state index in [4.69, 9.17) is 0 Å². The zero-order chi connectivity index (χ0) is 13.4. The molecule has 2 N–H and O–H groups in total. The molecule has 1 atom stereocenters. The van der Waals surface area contributed by atoms with Gasteiger partial charge < -0.3 is 10.1 Å². The van der Waals surface area contributed by atoms with Crippen LogP contribution in [0.3, 0.4) is 0 Å². The number of aliphatic hydroxyl groups is 1. The number of nitrogens with zero attached hydrogens (tertiary/aromatic N) is 1. The summed E-state index contributed by atoms with van der Waals surface area (Å²) in [5, 5.41) is 10.3. The van der Waals surface area contributed by atoms with Gasteiger partial charge in [-0.2, -0.15) is 0 Å². The molecule has 2 aromatic carbocycles. The molecule has 0 bridgehead atoms. The lowest BCUT2D eigenvalue weighted by atomic mass is 10.1. The third-order valence-corrected chi connectivity index (χ3v) is 3.49. The Balaban J connectivity index is 2.06. The molecule has 0 aliphatic heterocycles. The zero-order valence-electron chi connectivity index (χ0n) is 11.0. The van der Waals surface area contributed by atoms with E-state index in [1.807, 2.05) is 36.4 Å². The topological polar surface area (TPSA) is 48.9 Å². The summed E-state index contributed by atoms with van der Waals surface area (Å²) < 4.78 is 0. The number of aromatic nitrogens is 2. The highest BCUT2D eigenvalue weighted by molar-refractivity contribution is 5.77. The Bertz CT molecular complexity index is 677. The molecule has 0 fully saturated rings. The SMILES string of the molecule is Cc1cc2nc([C@H](O)c3ccccc3)[nH]c2cc1C. The minimum atomic E-state index is -0.714. The van der Waals surface area contributed by atoms with Crippen molar-refractivity contribution >= 4 is 11.0 Å². The fourth-order valence-electron chi connectivity index (χ4n) is 2.21. The number of nitrogens with one attached hydrogen (secondary N) is 1. The van der Waals surface area contributed by atoms with E-state index in [9.17, 15) is 5.11 Å². The maximum atomic E-state index is 10.3. The van der Waals surface area contributed by atoms with Gasteiger partial charge in [-0.1, -0.05) is 30.3 Å². The lowest BCUT2D eigenvalue weighted by molar-refractivity contribution is 0.211. The molecule has 0 saturated heterocycles. The summed E-state index contributed by atoms with van der Waals surface area (Å²) in [6.45, 7) is 4.14. The van der Waals surface area contributed by atoms with Gasteiger partial charge in [0.2, 0.25) is 0 Å². The summed E-state index contributed by atoms with van der Waals surface area (Å²) in [6, 6.07) is 13.7. The van der Waals surface area contributed by atoms with Crippen molar-refractivity contribution in [2.45, 2.75) is 20.0 Å². The monoisotopic (exact) mass is 252 g/mol. The first kappa shape index (κ1) is 11.9. The van der Waals surface area contributed by atoms with Gasteiger partial charge in [-0.3, -0.25) is 0 Å². The first-order valence-electron chi connectivity index (χ1n) is 6.35. The molecule has 3 rings (SSSR count). The molecule has 3 aromatic rings. The lowest BCUT2D eigenvalue weighted by Gasteiger charge is -2.06. The van der Waals surface area contributed by atoms with Crippen LogP contribution in [-0.2, 0) is 0 Å². The molecular formula is C16H16N2O. The Morgan fingerprint density at radius 1 is 1.05 bits per heavy atom. The van der Waals surface area contributed by atoms with Gasteiger partial charge in [-0.15, -0.1) is 0 Å². The maximum Gasteiger partial charge on any atom is 0.140 e. The van der Waals surface area contributed by atoms with Crippen LogP contribution in [0.2, 0.25) is 0 Å². The maximum absolute atomic E-state index is 10.3. The summed E-state index contributed by atoms with van der Waals surface area (Å²) in [5.41, 5.74) is 5.13. The average Bonchev–Trinajstić information content (AvgIpc) is 2.82. The molecule has 0 unspecified atom stereocenters. The second-order valence-electron chi connectivity index (χ2n) is 4.89. The van der Waals surface area contributed by atoms with Crippen LogP contribution in [-0.4, -0.2) is 15.1 Å². The van der Waals surface area contributed by atoms with E-state index < -0.39 is 6.10 Å². The molecule has 3 heteroatoms. The number of benzene rings is 2. The summed E-state index contributed by atoms with van der Waals surface area (Å²) in [7, 11) is 0. The van der Waals surface area contributed by atoms with Gasteiger partial charge in [-0.25, -0.2) is 4.98 Å². The van der Waals surface area contributed by atoms with Crippen molar-refractivity contribution in [3.63, 3.8) is 0 Å². The summed E-state index contributed by atoms with van der Waals surface area (Å²) in [5.74, 6) is 0.589. The number of hydrogen-bond donors (Lipinski definition) is 2. The van der Waals surface area contributed by atoms with E-state index in [0.29, 0.717) is 5.82 Å². The molecule has 0 radical (unpaired) electrons. The molecule has 0 aliphatic carbocycles. The van der Waals surface area contributed by atoms with E-state index in [-0.39, 0.29) is 0 Å². The minimum absolute atomic E-state index is 0.589. The van der Waals surface area contributed by atoms with E-state index in [0.717, 1.165) is 16.6 Å². The number of H-pyrrole nitrogens is 1.